The van der Waals surface area contributed by atoms with Crippen molar-refractivity contribution in [1.29, 1.82) is 0 Å². The van der Waals surface area contributed by atoms with E-state index in [9.17, 15) is 0 Å². The summed E-state index contributed by atoms with van der Waals surface area (Å²) in [7, 11) is 1.85. The van der Waals surface area contributed by atoms with Crippen LogP contribution in [-0.2, 0) is 0 Å². The summed E-state index contributed by atoms with van der Waals surface area (Å²) in [5.41, 5.74) is 1.04. The Morgan fingerprint density at radius 3 is 2.71 bits per heavy atom. The van der Waals surface area contributed by atoms with Crippen molar-refractivity contribution in [2.24, 2.45) is 0 Å². The number of nitrogens with one attached hydrogen (secondary N) is 1. The van der Waals surface area contributed by atoms with Crippen LogP contribution in [0.3, 0.4) is 0 Å². The first-order chi connectivity index (χ1) is 6.81. The molecule has 0 radical (unpaired) electrons. The fraction of sp³-hybridized carbons (Fsp3) is 0.100. The van der Waals surface area contributed by atoms with E-state index in [1.165, 1.54) is 0 Å². The summed E-state index contributed by atoms with van der Waals surface area (Å²) in [6.45, 7) is 0. The molecule has 4 heteroatoms. The van der Waals surface area contributed by atoms with E-state index >= 15 is 0 Å². The summed E-state index contributed by atoms with van der Waals surface area (Å²) in [6.07, 6.45) is 1.92. The number of nitrogens with zero attached hydrogens (tertiary/aromatic N) is 2. The minimum atomic E-state index is 0.862. The van der Waals surface area contributed by atoms with Gasteiger partial charge in [0.25, 0.3) is 0 Å². The first-order valence-electron chi connectivity index (χ1n) is 4.29. The first-order valence-corrected chi connectivity index (χ1v) is 5.09. The minimum Gasteiger partial charge on any atom is -0.372 e. The molecule has 0 aliphatic carbocycles. The van der Waals surface area contributed by atoms with Crippen molar-refractivity contribution in [2.75, 3.05) is 12.4 Å². The van der Waals surface area contributed by atoms with Crippen LogP contribution >= 0.6 is 15.9 Å². The van der Waals surface area contributed by atoms with Gasteiger partial charge < -0.3 is 5.32 Å². The molecule has 0 aliphatic heterocycles. The molecule has 2 aromatic rings. The highest BCUT2D eigenvalue weighted by molar-refractivity contribution is 9.10. The third-order valence-electron chi connectivity index (χ3n) is 1.94. The van der Waals surface area contributed by atoms with E-state index in [4.69, 9.17) is 0 Å². The van der Waals surface area contributed by atoms with Crippen molar-refractivity contribution in [2.45, 2.75) is 0 Å². The van der Waals surface area contributed by atoms with Gasteiger partial charge in [-0.3, -0.25) is 0 Å². The lowest BCUT2D eigenvalue weighted by atomic mass is 10.3. The Hall–Kier alpha value is -1.29. The van der Waals surface area contributed by atoms with Crippen LogP contribution in [0.1, 0.15) is 0 Å². The van der Waals surface area contributed by atoms with Crippen LogP contribution in [-0.4, -0.2) is 16.8 Å². The van der Waals surface area contributed by atoms with E-state index in [0.717, 1.165) is 16.0 Å². The van der Waals surface area contributed by atoms with E-state index in [1.807, 2.05) is 48.3 Å². The van der Waals surface area contributed by atoms with Crippen LogP contribution in [0.5, 0.6) is 0 Å². The summed E-state index contributed by atoms with van der Waals surface area (Å²) < 4.78 is 2.86. The maximum atomic E-state index is 4.34. The molecule has 3 nitrogen and oxygen atoms in total. The first kappa shape index (κ1) is 9.27. The molecule has 0 fully saturated rings. The predicted octanol–water partition coefficient (Wildman–Crippen LogP) is 2.68. The van der Waals surface area contributed by atoms with Gasteiger partial charge in [-0.2, -0.15) is 5.10 Å². The van der Waals surface area contributed by atoms with Crippen LogP contribution in [0.15, 0.2) is 41.0 Å². The third-order valence-corrected chi connectivity index (χ3v) is 2.62. The zero-order valence-corrected chi connectivity index (χ0v) is 9.32. The molecule has 0 bridgehead atoms. The second kappa shape index (κ2) is 3.84. The molecule has 2 rings (SSSR count). The number of halogens is 1. The van der Waals surface area contributed by atoms with Crippen molar-refractivity contribution < 1.29 is 0 Å². The lowest BCUT2D eigenvalue weighted by Crippen LogP contribution is -1.97. The minimum absolute atomic E-state index is 0.862. The lowest BCUT2D eigenvalue weighted by molar-refractivity contribution is 0.879. The average molecular weight is 252 g/mol. The van der Waals surface area contributed by atoms with E-state index in [0.29, 0.717) is 0 Å². The highest BCUT2D eigenvalue weighted by atomic mass is 79.9. The fourth-order valence-corrected chi connectivity index (χ4v) is 1.70. The van der Waals surface area contributed by atoms with Gasteiger partial charge in [0, 0.05) is 23.8 Å². The Morgan fingerprint density at radius 2 is 2.07 bits per heavy atom. The largest absolute Gasteiger partial charge is 0.372 e. The molecule has 0 spiro atoms. The van der Waals surface area contributed by atoms with Gasteiger partial charge in [-0.1, -0.05) is 12.1 Å². The molecule has 0 saturated heterocycles. The number of anilines is 1. The zero-order valence-electron chi connectivity index (χ0n) is 7.74. The van der Waals surface area contributed by atoms with E-state index in [-0.39, 0.29) is 0 Å². The van der Waals surface area contributed by atoms with Crippen molar-refractivity contribution in [3.8, 4) is 5.69 Å². The Kier molecular flexibility index (Phi) is 2.54. The third kappa shape index (κ3) is 1.65. The Morgan fingerprint density at radius 1 is 1.29 bits per heavy atom. The number of para-hydroxylation sites is 1. The van der Waals surface area contributed by atoms with Crippen LogP contribution < -0.4 is 5.32 Å². The molecule has 0 unspecified atom stereocenters. The fourth-order valence-electron chi connectivity index (χ4n) is 1.23. The SMILES string of the molecule is CNc1ccn(-c2ccccc2Br)n1. The number of benzene rings is 1. The van der Waals surface area contributed by atoms with Crippen molar-refractivity contribution in [1.82, 2.24) is 9.78 Å². The standard InChI is InChI=1S/C10H10BrN3/c1-12-10-6-7-14(13-10)9-5-3-2-4-8(9)11/h2-7H,1H3,(H,12,13). The molecule has 0 aliphatic rings. The molecule has 1 aromatic carbocycles. The van der Waals surface area contributed by atoms with Gasteiger partial charge in [-0.25, -0.2) is 4.68 Å². The molecular weight excluding hydrogens is 242 g/mol. The molecule has 1 N–H and O–H groups in total. The zero-order chi connectivity index (χ0) is 9.97. The van der Waals surface area contributed by atoms with Gasteiger partial charge in [-0.05, 0) is 28.1 Å². The molecule has 0 amide bonds. The summed E-state index contributed by atoms with van der Waals surface area (Å²) >= 11 is 3.48. The molecule has 72 valence electrons. The summed E-state index contributed by atoms with van der Waals surface area (Å²) in [5, 5.41) is 7.32. The molecule has 14 heavy (non-hydrogen) atoms. The number of hydrogen-bond acceptors (Lipinski definition) is 2. The molecule has 0 atom stereocenters. The van der Waals surface area contributed by atoms with Crippen molar-refractivity contribution >= 4 is 21.7 Å². The predicted molar refractivity (Wildman–Crippen MR) is 60.8 cm³/mol. The van der Waals surface area contributed by atoms with Gasteiger partial charge in [-0.15, -0.1) is 0 Å². The number of aromatic nitrogens is 2. The Balaban J connectivity index is 2.44. The molecule has 1 heterocycles. The van der Waals surface area contributed by atoms with Crippen LogP contribution in [0, 0.1) is 0 Å². The molecular formula is C10H10BrN3. The average Bonchev–Trinajstić information content (AvgIpc) is 2.67. The van der Waals surface area contributed by atoms with Gasteiger partial charge in [0.1, 0.15) is 5.82 Å². The maximum absolute atomic E-state index is 4.34. The second-order valence-corrected chi connectivity index (χ2v) is 3.70. The van der Waals surface area contributed by atoms with Crippen LogP contribution in [0.25, 0.3) is 5.69 Å². The molecule has 1 aromatic heterocycles. The van der Waals surface area contributed by atoms with Gasteiger partial charge in [0.2, 0.25) is 0 Å². The summed E-state index contributed by atoms with van der Waals surface area (Å²) in [5.74, 6) is 0.862. The molecule has 0 saturated carbocycles. The number of rotatable bonds is 2. The highest BCUT2D eigenvalue weighted by Gasteiger charge is 2.02. The van der Waals surface area contributed by atoms with E-state index < -0.39 is 0 Å². The maximum Gasteiger partial charge on any atom is 0.148 e. The smallest absolute Gasteiger partial charge is 0.148 e. The Labute approximate surface area is 90.9 Å². The Bertz CT molecular complexity index is 436. The summed E-state index contributed by atoms with van der Waals surface area (Å²) in [4.78, 5) is 0. The second-order valence-electron chi connectivity index (χ2n) is 2.85. The number of hydrogen-bond donors (Lipinski definition) is 1. The van der Waals surface area contributed by atoms with Crippen molar-refractivity contribution in [3.05, 3.63) is 41.0 Å². The lowest BCUT2D eigenvalue weighted by Gasteiger charge is -2.03. The van der Waals surface area contributed by atoms with Crippen LogP contribution in [0.4, 0.5) is 5.82 Å². The van der Waals surface area contributed by atoms with Crippen molar-refractivity contribution in [3.63, 3.8) is 0 Å². The van der Waals surface area contributed by atoms with E-state index in [2.05, 4.69) is 26.3 Å². The monoisotopic (exact) mass is 251 g/mol. The van der Waals surface area contributed by atoms with Crippen LogP contribution in [0.2, 0.25) is 0 Å². The van der Waals surface area contributed by atoms with Gasteiger partial charge >= 0.3 is 0 Å². The summed E-state index contributed by atoms with van der Waals surface area (Å²) in [6, 6.07) is 9.91. The highest BCUT2D eigenvalue weighted by Crippen LogP contribution is 2.20. The quantitative estimate of drug-likeness (QED) is 0.890. The topological polar surface area (TPSA) is 29.9 Å². The van der Waals surface area contributed by atoms with Gasteiger partial charge in [0.05, 0.1) is 5.69 Å². The van der Waals surface area contributed by atoms with E-state index in [1.54, 1.807) is 0 Å². The normalized spacial score (nSPS) is 10.1. The van der Waals surface area contributed by atoms with Gasteiger partial charge in [0.15, 0.2) is 0 Å².